The zero-order valence-electron chi connectivity index (χ0n) is 10.6. The highest BCUT2D eigenvalue weighted by Gasteiger charge is 2.09. The van der Waals surface area contributed by atoms with Gasteiger partial charge in [0.05, 0.1) is 10.7 Å². The first-order chi connectivity index (χ1) is 8.58. The van der Waals surface area contributed by atoms with Crippen LogP contribution < -0.4 is 10.6 Å². The maximum Gasteiger partial charge on any atom is 0.0642 e. The van der Waals surface area contributed by atoms with Gasteiger partial charge < -0.3 is 10.6 Å². The molecule has 2 N–H and O–H groups in total. The third kappa shape index (κ3) is 3.05. The predicted molar refractivity (Wildman–Crippen MR) is 80.5 cm³/mol. The number of anilines is 1. The van der Waals surface area contributed by atoms with Gasteiger partial charge in [0.2, 0.25) is 0 Å². The predicted octanol–water partition coefficient (Wildman–Crippen LogP) is 4.06. The summed E-state index contributed by atoms with van der Waals surface area (Å²) in [4.78, 5) is 2.15. The first kappa shape index (κ1) is 13.4. The van der Waals surface area contributed by atoms with Gasteiger partial charge in [-0.2, -0.15) is 11.3 Å². The highest BCUT2D eigenvalue weighted by molar-refractivity contribution is 7.07. The lowest BCUT2D eigenvalue weighted by atomic mass is 10.1. The van der Waals surface area contributed by atoms with Gasteiger partial charge in [0, 0.05) is 19.6 Å². The molecule has 0 aliphatic rings. The maximum absolute atomic E-state index is 6.31. The minimum Gasteiger partial charge on any atom is -0.369 e. The number of thiophene rings is 1. The van der Waals surface area contributed by atoms with E-state index in [0.29, 0.717) is 0 Å². The highest BCUT2D eigenvalue weighted by Crippen LogP contribution is 2.29. The quantitative estimate of drug-likeness (QED) is 0.915. The number of hydrogen-bond donors (Lipinski definition) is 1. The van der Waals surface area contributed by atoms with E-state index in [1.165, 1.54) is 5.56 Å². The van der Waals surface area contributed by atoms with Crippen LogP contribution in [-0.4, -0.2) is 7.05 Å². The molecule has 0 aliphatic carbocycles. The van der Waals surface area contributed by atoms with Crippen LogP contribution in [0.3, 0.4) is 0 Å². The van der Waals surface area contributed by atoms with Gasteiger partial charge in [0.1, 0.15) is 0 Å². The summed E-state index contributed by atoms with van der Waals surface area (Å²) in [5, 5.41) is 4.99. The van der Waals surface area contributed by atoms with E-state index in [2.05, 4.69) is 21.7 Å². The van der Waals surface area contributed by atoms with E-state index >= 15 is 0 Å². The van der Waals surface area contributed by atoms with Crippen LogP contribution in [0.2, 0.25) is 5.02 Å². The molecule has 96 valence electrons. The Hall–Kier alpha value is -1.03. The van der Waals surface area contributed by atoms with Crippen LogP contribution >= 0.6 is 22.9 Å². The molecule has 0 fully saturated rings. The lowest BCUT2D eigenvalue weighted by Gasteiger charge is -2.21. The molecule has 0 saturated heterocycles. The van der Waals surface area contributed by atoms with Crippen molar-refractivity contribution in [2.75, 3.05) is 11.9 Å². The van der Waals surface area contributed by atoms with E-state index in [9.17, 15) is 0 Å². The summed E-state index contributed by atoms with van der Waals surface area (Å²) in [6.45, 7) is 2.82. The van der Waals surface area contributed by atoms with Crippen molar-refractivity contribution in [3.8, 4) is 0 Å². The molecule has 1 atom stereocenters. The van der Waals surface area contributed by atoms with Crippen LogP contribution in [-0.2, 0) is 6.54 Å². The van der Waals surface area contributed by atoms with E-state index in [1.54, 1.807) is 11.3 Å². The summed E-state index contributed by atoms with van der Waals surface area (Å²) in [5.41, 5.74) is 9.25. The topological polar surface area (TPSA) is 29.3 Å². The lowest BCUT2D eigenvalue weighted by Crippen LogP contribution is -2.16. The van der Waals surface area contributed by atoms with Gasteiger partial charge in [0.15, 0.2) is 0 Å². The average Bonchev–Trinajstić information content (AvgIpc) is 2.81. The van der Waals surface area contributed by atoms with E-state index in [-0.39, 0.29) is 6.04 Å². The zero-order chi connectivity index (χ0) is 13.1. The number of halogens is 1. The molecule has 1 heterocycles. The largest absolute Gasteiger partial charge is 0.369 e. The first-order valence-corrected chi connectivity index (χ1v) is 7.17. The number of rotatable bonds is 4. The van der Waals surface area contributed by atoms with Crippen LogP contribution in [0, 0.1) is 0 Å². The molecule has 0 bridgehead atoms. The molecule has 0 saturated carbocycles. The third-order valence-corrected chi connectivity index (χ3v) is 3.94. The zero-order valence-corrected chi connectivity index (χ0v) is 12.1. The molecular weight excluding hydrogens is 264 g/mol. The summed E-state index contributed by atoms with van der Waals surface area (Å²) in [6, 6.07) is 8.17. The van der Waals surface area contributed by atoms with Crippen molar-refractivity contribution < 1.29 is 0 Å². The standard InChI is InChI=1S/C14H17ClN2S/c1-10(16)12-3-4-14(13(15)7-12)17(2)8-11-5-6-18-9-11/h3-7,9-10H,8,16H2,1-2H3. The molecule has 2 nitrogen and oxygen atoms in total. The number of nitrogens with zero attached hydrogens (tertiary/aromatic N) is 1. The van der Waals surface area contributed by atoms with E-state index in [0.717, 1.165) is 22.8 Å². The van der Waals surface area contributed by atoms with Gasteiger partial charge in [-0.15, -0.1) is 0 Å². The van der Waals surface area contributed by atoms with Crippen molar-refractivity contribution >= 4 is 28.6 Å². The Labute approximate surface area is 117 Å². The number of benzene rings is 1. The summed E-state index contributed by atoms with van der Waals surface area (Å²) >= 11 is 8.03. The van der Waals surface area contributed by atoms with Gasteiger partial charge in [-0.3, -0.25) is 0 Å². The first-order valence-electron chi connectivity index (χ1n) is 5.85. The second-order valence-corrected chi connectivity index (χ2v) is 5.67. The number of nitrogens with two attached hydrogens (primary N) is 1. The van der Waals surface area contributed by atoms with Crippen molar-refractivity contribution in [3.63, 3.8) is 0 Å². The molecule has 0 amide bonds. The van der Waals surface area contributed by atoms with E-state index in [1.807, 2.05) is 32.2 Å². The van der Waals surface area contributed by atoms with Crippen molar-refractivity contribution in [2.45, 2.75) is 19.5 Å². The molecule has 1 aromatic heterocycles. The fraction of sp³-hybridized carbons (Fsp3) is 0.286. The van der Waals surface area contributed by atoms with Crippen LogP contribution in [0.25, 0.3) is 0 Å². The smallest absolute Gasteiger partial charge is 0.0642 e. The Morgan fingerprint density at radius 1 is 1.39 bits per heavy atom. The van der Waals surface area contributed by atoms with Gasteiger partial charge >= 0.3 is 0 Å². The monoisotopic (exact) mass is 280 g/mol. The SMILES string of the molecule is CC(N)c1ccc(N(C)Cc2ccsc2)c(Cl)c1. The van der Waals surface area contributed by atoms with Crippen molar-refractivity contribution in [3.05, 3.63) is 51.2 Å². The molecule has 1 unspecified atom stereocenters. The molecule has 1 aromatic carbocycles. The van der Waals surface area contributed by atoms with Crippen molar-refractivity contribution in [2.24, 2.45) is 5.73 Å². The van der Waals surface area contributed by atoms with E-state index < -0.39 is 0 Å². The lowest BCUT2D eigenvalue weighted by molar-refractivity contribution is 0.817. The molecule has 18 heavy (non-hydrogen) atoms. The molecule has 0 aliphatic heterocycles. The summed E-state index contributed by atoms with van der Waals surface area (Å²) < 4.78 is 0. The Balaban J connectivity index is 2.17. The average molecular weight is 281 g/mol. The summed E-state index contributed by atoms with van der Waals surface area (Å²) in [7, 11) is 2.05. The number of hydrogen-bond acceptors (Lipinski definition) is 3. The molecule has 0 spiro atoms. The molecule has 2 aromatic rings. The van der Waals surface area contributed by atoms with Crippen molar-refractivity contribution in [1.82, 2.24) is 0 Å². The van der Waals surface area contributed by atoms with Crippen molar-refractivity contribution in [1.29, 1.82) is 0 Å². The van der Waals surface area contributed by atoms with Gasteiger partial charge in [0.25, 0.3) is 0 Å². The minimum atomic E-state index is 0.0127. The van der Waals surface area contributed by atoms with Gasteiger partial charge in [-0.25, -0.2) is 0 Å². The van der Waals surface area contributed by atoms with E-state index in [4.69, 9.17) is 17.3 Å². The molecule has 0 radical (unpaired) electrons. The second-order valence-electron chi connectivity index (χ2n) is 4.49. The fourth-order valence-corrected chi connectivity index (χ4v) is 2.85. The minimum absolute atomic E-state index is 0.0127. The Kier molecular flexibility index (Phi) is 4.27. The summed E-state index contributed by atoms with van der Waals surface area (Å²) in [6.07, 6.45) is 0. The molecular formula is C14H17ClN2S. The van der Waals surface area contributed by atoms with Gasteiger partial charge in [-0.05, 0) is 47.0 Å². The Morgan fingerprint density at radius 3 is 2.72 bits per heavy atom. The van der Waals surface area contributed by atoms with Crippen LogP contribution in [0.5, 0.6) is 0 Å². The van der Waals surface area contributed by atoms with Gasteiger partial charge in [-0.1, -0.05) is 17.7 Å². The Bertz CT molecular complexity index is 509. The van der Waals surface area contributed by atoms with Crippen LogP contribution in [0.4, 0.5) is 5.69 Å². The fourth-order valence-electron chi connectivity index (χ4n) is 1.86. The molecule has 4 heteroatoms. The summed E-state index contributed by atoms with van der Waals surface area (Å²) in [5.74, 6) is 0. The van der Waals surface area contributed by atoms with Crippen LogP contribution in [0.1, 0.15) is 24.1 Å². The normalized spacial score (nSPS) is 12.4. The molecule has 2 rings (SSSR count). The Morgan fingerprint density at radius 2 is 2.17 bits per heavy atom. The second kappa shape index (κ2) is 5.74. The maximum atomic E-state index is 6.31. The van der Waals surface area contributed by atoms with Crippen LogP contribution in [0.15, 0.2) is 35.0 Å². The highest BCUT2D eigenvalue weighted by atomic mass is 35.5. The third-order valence-electron chi connectivity index (χ3n) is 2.91.